The minimum absolute atomic E-state index is 0.0129. The quantitative estimate of drug-likeness (QED) is 0.344. The normalized spacial score (nSPS) is 10.6. The number of nitrogens with one attached hydrogen (secondary N) is 1. The second-order valence-electron chi connectivity index (χ2n) is 6.56. The van der Waals surface area contributed by atoms with E-state index in [-0.39, 0.29) is 46.0 Å². The zero-order valence-corrected chi connectivity index (χ0v) is 17.1. The van der Waals surface area contributed by atoms with Gasteiger partial charge in [-0.2, -0.15) is 0 Å². The number of phenols is 1. The number of pyridine rings is 1. The van der Waals surface area contributed by atoms with E-state index in [0.29, 0.717) is 0 Å². The molecule has 0 bridgehead atoms. The third-order valence-electron chi connectivity index (χ3n) is 4.37. The first kappa shape index (κ1) is 21.4. The topological polar surface area (TPSA) is 154 Å². The van der Waals surface area contributed by atoms with Crippen molar-refractivity contribution < 1.29 is 28.6 Å². The summed E-state index contributed by atoms with van der Waals surface area (Å²) < 4.78 is 15.9. The van der Waals surface area contributed by atoms with Crippen LogP contribution in [0.2, 0.25) is 0 Å². The Morgan fingerprint density at radius 1 is 1.18 bits per heavy atom. The first-order valence-electron chi connectivity index (χ1n) is 9.63. The van der Waals surface area contributed by atoms with Crippen molar-refractivity contribution in [3.05, 3.63) is 71.0 Å². The first-order valence-corrected chi connectivity index (χ1v) is 9.63. The Labute approximate surface area is 185 Å². The summed E-state index contributed by atoms with van der Waals surface area (Å²) in [6.45, 7) is 1.71. The molecule has 3 heterocycles. The highest BCUT2D eigenvalue weighted by Gasteiger charge is 2.21. The molecule has 0 unspecified atom stereocenters. The molecule has 166 valence electrons. The number of esters is 1. The van der Waals surface area contributed by atoms with Gasteiger partial charge in [0.25, 0.3) is 0 Å². The summed E-state index contributed by atoms with van der Waals surface area (Å²) in [5, 5.41) is 13.3. The molecular weight excluding hydrogens is 432 g/mol. The molecule has 11 nitrogen and oxygen atoms in total. The zero-order valence-electron chi connectivity index (χ0n) is 17.1. The molecule has 2 N–H and O–H groups in total. The van der Waals surface area contributed by atoms with Gasteiger partial charge in [0, 0.05) is 36.8 Å². The van der Waals surface area contributed by atoms with E-state index in [1.54, 1.807) is 13.0 Å². The summed E-state index contributed by atoms with van der Waals surface area (Å²) in [6, 6.07) is 6.62. The highest BCUT2D eigenvalue weighted by Crippen LogP contribution is 2.40. The van der Waals surface area contributed by atoms with Crippen molar-refractivity contribution in [2.45, 2.75) is 6.92 Å². The van der Waals surface area contributed by atoms with Crippen molar-refractivity contribution in [2.24, 2.45) is 0 Å². The highest BCUT2D eigenvalue weighted by molar-refractivity contribution is 5.95. The van der Waals surface area contributed by atoms with Crippen molar-refractivity contribution in [1.82, 2.24) is 15.0 Å². The number of amides is 1. The highest BCUT2D eigenvalue weighted by atomic mass is 16.5. The number of phenolic OH excluding ortho intramolecular Hbond substituents is 1. The maximum absolute atomic E-state index is 12.5. The number of nitrogens with zero attached hydrogens (tertiary/aromatic N) is 3. The van der Waals surface area contributed by atoms with Gasteiger partial charge in [0.2, 0.25) is 5.71 Å². The number of fused-ring (bicyclic) bond motifs is 1. The van der Waals surface area contributed by atoms with Crippen LogP contribution in [0.15, 0.2) is 64.5 Å². The van der Waals surface area contributed by atoms with E-state index in [2.05, 4.69) is 20.3 Å². The monoisotopic (exact) mass is 448 g/mol. The van der Waals surface area contributed by atoms with Crippen LogP contribution in [0.1, 0.15) is 17.3 Å². The number of aromatic nitrogens is 3. The Morgan fingerprint density at radius 2 is 2.03 bits per heavy atom. The van der Waals surface area contributed by atoms with Crippen LogP contribution in [0, 0.1) is 0 Å². The predicted molar refractivity (Wildman–Crippen MR) is 115 cm³/mol. The number of anilines is 1. The molecule has 33 heavy (non-hydrogen) atoms. The summed E-state index contributed by atoms with van der Waals surface area (Å²) in [7, 11) is 0. The van der Waals surface area contributed by atoms with Crippen molar-refractivity contribution in [3.63, 3.8) is 0 Å². The minimum atomic E-state index is -0.834. The van der Waals surface area contributed by atoms with E-state index in [1.165, 1.54) is 37.1 Å². The lowest BCUT2D eigenvalue weighted by atomic mass is 10.1. The van der Waals surface area contributed by atoms with Gasteiger partial charge < -0.3 is 19.0 Å². The molecular formula is C22H16N4O7. The maximum atomic E-state index is 12.5. The summed E-state index contributed by atoms with van der Waals surface area (Å²) in [5.41, 5.74) is -0.358. The van der Waals surface area contributed by atoms with Crippen LogP contribution < -0.4 is 15.5 Å². The molecule has 3 aromatic heterocycles. The van der Waals surface area contributed by atoms with Crippen molar-refractivity contribution in [2.75, 3.05) is 11.9 Å². The molecule has 0 saturated carbocycles. The third-order valence-corrected chi connectivity index (χ3v) is 4.37. The molecule has 11 heteroatoms. The third kappa shape index (κ3) is 4.61. The average Bonchev–Trinajstić information content (AvgIpc) is 2.79. The molecule has 1 aromatic carbocycles. The number of carbonyl (C=O) groups excluding carboxylic acids is 2. The molecule has 0 spiro atoms. The van der Waals surface area contributed by atoms with Crippen LogP contribution in [0.5, 0.6) is 11.5 Å². The van der Waals surface area contributed by atoms with Gasteiger partial charge in [0.05, 0.1) is 23.4 Å². The second-order valence-corrected chi connectivity index (χ2v) is 6.56. The summed E-state index contributed by atoms with van der Waals surface area (Å²) in [4.78, 5) is 48.5. The molecule has 4 aromatic rings. The van der Waals surface area contributed by atoms with E-state index >= 15 is 0 Å². The lowest BCUT2D eigenvalue weighted by molar-refractivity contribution is 0.0734. The summed E-state index contributed by atoms with van der Waals surface area (Å²) >= 11 is 0. The van der Waals surface area contributed by atoms with Gasteiger partial charge in [0.15, 0.2) is 5.43 Å². The molecule has 0 fully saturated rings. The minimum Gasteiger partial charge on any atom is -0.507 e. The van der Waals surface area contributed by atoms with Crippen molar-refractivity contribution in [3.8, 4) is 22.8 Å². The number of benzene rings is 1. The van der Waals surface area contributed by atoms with Gasteiger partial charge in [-0.3, -0.25) is 15.1 Å². The smallest absolute Gasteiger partial charge is 0.411 e. The molecule has 4 rings (SSSR count). The Morgan fingerprint density at radius 3 is 2.79 bits per heavy atom. The van der Waals surface area contributed by atoms with E-state index in [1.807, 2.05) is 0 Å². The number of carbonyl (C=O) groups is 2. The van der Waals surface area contributed by atoms with Gasteiger partial charge >= 0.3 is 12.1 Å². The number of hydrogen-bond donors (Lipinski definition) is 2. The Hall–Kier alpha value is -4.80. The predicted octanol–water partition coefficient (Wildman–Crippen LogP) is 3.14. The van der Waals surface area contributed by atoms with Crippen molar-refractivity contribution in [1.29, 1.82) is 0 Å². The number of aromatic hydroxyl groups is 1. The summed E-state index contributed by atoms with van der Waals surface area (Å²) in [6.07, 6.45) is 4.49. The molecule has 1 amide bonds. The van der Waals surface area contributed by atoms with Gasteiger partial charge in [0.1, 0.15) is 29.0 Å². The lowest BCUT2D eigenvalue weighted by Gasteiger charge is -2.14. The van der Waals surface area contributed by atoms with E-state index < -0.39 is 23.2 Å². The fourth-order valence-corrected chi connectivity index (χ4v) is 2.97. The standard InChI is InChI=1S/C22H16N4O7/c1-2-31-22(30)26-15-6-13(32-21(29)12-4-3-5-23-9-12)7-17(28)19(15)18-8-16(27)14-10-24-11-25-20(14)33-18/h3-11,28H,2H2,1H3,(H,26,30). The molecule has 0 aliphatic carbocycles. The van der Waals surface area contributed by atoms with Crippen LogP contribution in [-0.4, -0.2) is 38.7 Å². The van der Waals surface area contributed by atoms with E-state index in [9.17, 15) is 19.5 Å². The number of hydrogen-bond acceptors (Lipinski definition) is 10. The van der Waals surface area contributed by atoms with Gasteiger partial charge in [-0.15, -0.1) is 0 Å². The van der Waals surface area contributed by atoms with Crippen molar-refractivity contribution >= 4 is 28.8 Å². The van der Waals surface area contributed by atoms with E-state index in [0.717, 1.165) is 12.1 Å². The molecule has 0 aliphatic rings. The first-order chi connectivity index (χ1) is 16.0. The fourth-order valence-electron chi connectivity index (χ4n) is 2.97. The lowest BCUT2D eigenvalue weighted by Crippen LogP contribution is -2.15. The molecule has 0 saturated heterocycles. The fraction of sp³-hybridized carbons (Fsp3) is 0.0909. The van der Waals surface area contributed by atoms with Gasteiger partial charge in [-0.25, -0.2) is 19.6 Å². The largest absolute Gasteiger partial charge is 0.507 e. The molecule has 0 radical (unpaired) electrons. The van der Waals surface area contributed by atoms with Gasteiger partial charge in [-0.1, -0.05) is 0 Å². The van der Waals surface area contributed by atoms with Crippen LogP contribution in [-0.2, 0) is 4.74 Å². The average molecular weight is 448 g/mol. The summed E-state index contributed by atoms with van der Waals surface area (Å²) in [5.74, 6) is -1.33. The molecule has 0 aliphatic heterocycles. The van der Waals surface area contributed by atoms with Crippen LogP contribution in [0.25, 0.3) is 22.4 Å². The molecule has 0 atom stereocenters. The number of ether oxygens (including phenoxy) is 2. The maximum Gasteiger partial charge on any atom is 0.411 e. The Bertz CT molecular complexity index is 1400. The second kappa shape index (κ2) is 9.14. The SMILES string of the molecule is CCOC(=O)Nc1cc(OC(=O)c2cccnc2)cc(O)c1-c1cc(=O)c2cncnc2o1. The van der Waals surface area contributed by atoms with Crippen LogP contribution in [0.4, 0.5) is 10.5 Å². The van der Waals surface area contributed by atoms with Crippen LogP contribution in [0.3, 0.4) is 0 Å². The van der Waals surface area contributed by atoms with Gasteiger partial charge in [-0.05, 0) is 19.1 Å². The Kier molecular flexibility index (Phi) is 5.94. The van der Waals surface area contributed by atoms with Crippen LogP contribution >= 0.6 is 0 Å². The van der Waals surface area contributed by atoms with E-state index in [4.69, 9.17) is 13.9 Å². The zero-order chi connectivity index (χ0) is 23.4. The number of rotatable bonds is 5. The Balaban J connectivity index is 1.80.